The third-order valence-corrected chi connectivity index (χ3v) is 4.53. The van der Waals surface area contributed by atoms with Gasteiger partial charge in [-0.2, -0.15) is 0 Å². The average molecular weight is 343 g/mol. The van der Waals surface area contributed by atoms with Crippen LogP contribution < -0.4 is 0 Å². The number of nitro groups is 1. The Bertz CT molecular complexity index is 1040. The Labute approximate surface area is 150 Å². The molecule has 0 aliphatic rings. The lowest BCUT2D eigenvalue weighted by atomic mass is 9.90. The largest absolute Gasteiger partial charge is 0.354 e. The second kappa shape index (κ2) is 6.80. The van der Waals surface area contributed by atoms with Crippen LogP contribution >= 0.6 is 0 Å². The van der Waals surface area contributed by atoms with Gasteiger partial charge >= 0.3 is 0 Å². The van der Waals surface area contributed by atoms with Crippen molar-refractivity contribution >= 4 is 10.9 Å². The number of nitrogens with zero attached hydrogens (tertiary/aromatic N) is 2. The lowest BCUT2D eigenvalue weighted by molar-refractivity contribution is -0.481. The maximum atomic E-state index is 11.4. The molecular weight excluding hydrogens is 326 g/mol. The van der Waals surface area contributed by atoms with E-state index in [-0.39, 0.29) is 11.5 Å². The predicted molar refractivity (Wildman–Crippen MR) is 102 cm³/mol. The number of rotatable bonds is 5. The summed E-state index contributed by atoms with van der Waals surface area (Å²) in [6.45, 7) is -0.210. The number of H-pyrrole nitrogens is 1. The minimum absolute atomic E-state index is 0.210. The van der Waals surface area contributed by atoms with Gasteiger partial charge in [0.25, 0.3) is 0 Å². The summed E-state index contributed by atoms with van der Waals surface area (Å²) in [7, 11) is 0. The molecule has 0 aliphatic heterocycles. The number of fused-ring (bicyclic) bond motifs is 1. The molecule has 128 valence electrons. The number of hydrogen-bond acceptors (Lipinski definition) is 3. The summed E-state index contributed by atoms with van der Waals surface area (Å²) >= 11 is 0. The van der Waals surface area contributed by atoms with Crippen LogP contribution in [0, 0.1) is 10.1 Å². The molecule has 5 nitrogen and oxygen atoms in total. The van der Waals surface area contributed by atoms with Crippen LogP contribution in [-0.4, -0.2) is 21.4 Å². The number of hydrogen-bond donors (Lipinski definition) is 1. The molecule has 1 atom stereocenters. The Morgan fingerprint density at radius 1 is 0.962 bits per heavy atom. The molecule has 1 N–H and O–H groups in total. The third-order valence-electron chi connectivity index (χ3n) is 4.53. The van der Waals surface area contributed by atoms with Crippen molar-refractivity contribution in [1.29, 1.82) is 0 Å². The van der Waals surface area contributed by atoms with E-state index in [1.54, 1.807) is 6.20 Å². The molecule has 4 rings (SSSR count). The molecule has 2 aromatic carbocycles. The monoisotopic (exact) mass is 343 g/mol. The van der Waals surface area contributed by atoms with Crippen LogP contribution in [0.5, 0.6) is 0 Å². The van der Waals surface area contributed by atoms with Crippen molar-refractivity contribution in [1.82, 2.24) is 9.97 Å². The van der Waals surface area contributed by atoms with Gasteiger partial charge in [0.05, 0.1) is 17.3 Å². The Balaban J connectivity index is 1.99. The van der Waals surface area contributed by atoms with Crippen molar-refractivity contribution < 1.29 is 4.92 Å². The molecule has 0 unspecified atom stereocenters. The van der Waals surface area contributed by atoms with E-state index in [0.717, 1.165) is 27.7 Å². The number of para-hydroxylation sites is 1. The van der Waals surface area contributed by atoms with Crippen molar-refractivity contribution in [3.05, 3.63) is 100 Å². The summed E-state index contributed by atoms with van der Waals surface area (Å²) in [6.07, 6.45) is 1.68. The van der Waals surface area contributed by atoms with Gasteiger partial charge in [0, 0.05) is 27.6 Å². The first-order valence-electron chi connectivity index (χ1n) is 8.43. The van der Waals surface area contributed by atoms with Crippen LogP contribution in [0.1, 0.15) is 17.2 Å². The summed E-state index contributed by atoms with van der Waals surface area (Å²) in [5.74, 6) is -0.433. The van der Waals surface area contributed by atoms with Gasteiger partial charge < -0.3 is 4.98 Å². The fraction of sp³-hybridized carbons (Fsp3) is 0.0952. The van der Waals surface area contributed by atoms with E-state index in [1.165, 1.54) is 0 Å². The molecule has 0 radical (unpaired) electrons. The molecule has 0 saturated heterocycles. The van der Waals surface area contributed by atoms with Crippen molar-refractivity contribution in [3.63, 3.8) is 0 Å². The van der Waals surface area contributed by atoms with Gasteiger partial charge in [0.1, 0.15) is 0 Å². The van der Waals surface area contributed by atoms with Crippen LogP contribution in [0.2, 0.25) is 0 Å². The number of aromatic amines is 1. The highest BCUT2D eigenvalue weighted by Crippen LogP contribution is 2.38. The Hall–Kier alpha value is -3.47. The first-order chi connectivity index (χ1) is 12.7. The maximum Gasteiger partial charge on any atom is 0.216 e. The van der Waals surface area contributed by atoms with Crippen molar-refractivity contribution in [3.8, 4) is 11.3 Å². The lowest BCUT2D eigenvalue weighted by Crippen LogP contribution is -2.15. The van der Waals surface area contributed by atoms with E-state index in [1.807, 2.05) is 72.8 Å². The van der Waals surface area contributed by atoms with Crippen LogP contribution in [0.4, 0.5) is 0 Å². The van der Waals surface area contributed by atoms with Crippen molar-refractivity contribution in [2.24, 2.45) is 0 Å². The third kappa shape index (κ3) is 2.95. The second-order valence-electron chi connectivity index (χ2n) is 6.15. The fourth-order valence-corrected chi connectivity index (χ4v) is 3.42. The molecule has 0 spiro atoms. The number of nitrogens with one attached hydrogen (secondary N) is 1. The maximum absolute atomic E-state index is 11.4. The van der Waals surface area contributed by atoms with E-state index in [9.17, 15) is 10.1 Å². The smallest absolute Gasteiger partial charge is 0.216 e. The van der Waals surface area contributed by atoms with E-state index < -0.39 is 5.92 Å². The zero-order valence-electron chi connectivity index (χ0n) is 14.0. The van der Waals surface area contributed by atoms with E-state index in [2.05, 4.69) is 9.97 Å². The Morgan fingerprint density at radius 2 is 1.69 bits per heavy atom. The predicted octanol–water partition coefficient (Wildman–Crippen LogP) is 4.64. The molecule has 0 fully saturated rings. The van der Waals surface area contributed by atoms with E-state index in [4.69, 9.17) is 0 Å². The van der Waals surface area contributed by atoms with Gasteiger partial charge in [-0.25, -0.2) is 0 Å². The summed E-state index contributed by atoms with van der Waals surface area (Å²) in [5.41, 5.74) is 4.49. The summed E-state index contributed by atoms with van der Waals surface area (Å²) in [6, 6.07) is 23.4. The normalized spacial score (nSPS) is 12.2. The van der Waals surface area contributed by atoms with Crippen molar-refractivity contribution in [2.45, 2.75) is 5.92 Å². The highest BCUT2D eigenvalue weighted by Gasteiger charge is 2.28. The fourth-order valence-electron chi connectivity index (χ4n) is 3.42. The molecule has 0 amide bonds. The van der Waals surface area contributed by atoms with Crippen LogP contribution in [0.3, 0.4) is 0 Å². The summed E-state index contributed by atoms with van der Waals surface area (Å²) in [4.78, 5) is 19.0. The van der Waals surface area contributed by atoms with Crippen LogP contribution in [0.25, 0.3) is 22.2 Å². The standard InChI is InChI=1S/C21H17N3O2/c25-24(26)14-17(18-11-6-7-13-22-18)20-16-10-4-5-12-19(16)23-21(20)15-8-2-1-3-9-15/h1-13,17,23H,14H2/t17-/m0/s1. The lowest BCUT2D eigenvalue weighted by Gasteiger charge is -2.15. The highest BCUT2D eigenvalue weighted by atomic mass is 16.6. The van der Waals surface area contributed by atoms with E-state index >= 15 is 0 Å². The molecule has 0 saturated carbocycles. The SMILES string of the molecule is O=[N+]([O-])C[C@@H](c1ccccn1)c1c(-c2ccccc2)[nH]c2ccccc12. The molecule has 2 heterocycles. The molecule has 0 bridgehead atoms. The molecule has 0 aliphatic carbocycles. The molecule has 2 aromatic heterocycles. The topological polar surface area (TPSA) is 71.8 Å². The van der Waals surface area contributed by atoms with Gasteiger partial charge in [-0.15, -0.1) is 0 Å². The van der Waals surface area contributed by atoms with Gasteiger partial charge in [0.2, 0.25) is 6.54 Å². The van der Waals surface area contributed by atoms with Gasteiger partial charge in [-0.05, 0) is 23.8 Å². The van der Waals surface area contributed by atoms with Gasteiger partial charge in [-0.3, -0.25) is 15.1 Å². The first-order valence-corrected chi connectivity index (χ1v) is 8.43. The van der Waals surface area contributed by atoms with Crippen LogP contribution in [-0.2, 0) is 0 Å². The van der Waals surface area contributed by atoms with E-state index in [0.29, 0.717) is 5.69 Å². The summed E-state index contributed by atoms with van der Waals surface area (Å²) in [5, 5.41) is 12.4. The van der Waals surface area contributed by atoms with Gasteiger partial charge in [-0.1, -0.05) is 54.6 Å². The minimum atomic E-state index is -0.433. The molecule has 5 heteroatoms. The Morgan fingerprint density at radius 3 is 2.42 bits per heavy atom. The Kier molecular flexibility index (Phi) is 4.19. The average Bonchev–Trinajstić information content (AvgIpc) is 3.07. The number of pyridine rings is 1. The summed E-state index contributed by atoms with van der Waals surface area (Å²) < 4.78 is 0. The van der Waals surface area contributed by atoms with Gasteiger partial charge in [0.15, 0.2) is 0 Å². The zero-order chi connectivity index (χ0) is 17.9. The van der Waals surface area contributed by atoms with Crippen LogP contribution in [0.15, 0.2) is 79.0 Å². The second-order valence-corrected chi connectivity index (χ2v) is 6.15. The zero-order valence-corrected chi connectivity index (χ0v) is 14.0. The number of aromatic nitrogens is 2. The molecule has 26 heavy (non-hydrogen) atoms. The molecular formula is C21H17N3O2. The highest BCUT2D eigenvalue weighted by molar-refractivity contribution is 5.91. The number of benzene rings is 2. The minimum Gasteiger partial charge on any atom is -0.354 e. The first kappa shape index (κ1) is 16.0. The quantitative estimate of drug-likeness (QED) is 0.424. The van der Waals surface area contributed by atoms with Crippen molar-refractivity contribution in [2.75, 3.05) is 6.54 Å². The molecule has 4 aromatic rings.